The first kappa shape index (κ1) is 14.7. The predicted molar refractivity (Wildman–Crippen MR) is 74.1 cm³/mol. The Kier molecular flexibility index (Phi) is 6.39. The van der Waals surface area contributed by atoms with Crippen LogP contribution in [0.3, 0.4) is 0 Å². The summed E-state index contributed by atoms with van der Waals surface area (Å²) in [6.07, 6.45) is 0.932. The fourth-order valence-corrected chi connectivity index (χ4v) is 1.70. The van der Waals surface area contributed by atoms with E-state index in [4.69, 9.17) is 5.73 Å². The van der Waals surface area contributed by atoms with Gasteiger partial charge in [-0.2, -0.15) is 0 Å². The van der Waals surface area contributed by atoms with Gasteiger partial charge >= 0.3 is 0 Å². The zero-order valence-corrected chi connectivity index (χ0v) is 11.2. The van der Waals surface area contributed by atoms with Crippen LogP contribution in [-0.4, -0.2) is 37.0 Å². The van der Waals surface area contributed by atoms with Gasteiger partial charge in [-0.15, -0.1) is 0 Å². The Hall–Kier alpha value is -1.39. The molecule has 18 heavy (non-hydrogen) atoms. The largest absolute Gasteiger partial charge is 0.355 e. The molecule has 1 aromatic rings. The van der Waals surface area contributed by atoms with E-state index in [1.165, 1.54) is 5.56 Å². The second kappa shape index (κ2) is 7.84. The van der Waals surface area contributed by atoms with Crippen molar-refractivity contribution < 1.29 is 4.79 Å². The molecule has 0 aliphatic rings. The fourth-order valence-electron chi connectivity index (χ4n) is 1.70. The summed E-state index contributed by atoms with van der Waals surface area (Å²) < 4.78 is 0. The van der Waals surface area contributed by atoms with Crippen LogP contribution < -0.4 is 11.1 Å². The van der Waals surface area contributed by atoms with Gasteiger partial charge in [0.15, 0.2) is 0 Å². The SMILES string of the molecule is C[C@H](N)C(=O)NCCCN(C)Cc1ccccc1. The molecule has 0 unspecified atom stereocenters. The number of amides is 1. The maximum absolute atomic E-state index is 11.2. The second-order valence-electron chi connectivity index (χ2n) is 4.66. The molecule has 0 aliphatic carbocycles. The van der Waals surface area contributed by atoms with Crippen LogP contribution in [0.1, 0.15) is 18.9 Å². The number of carbonyl (C=O) groups is 1. The molecule has 0 aliphatic heterocycles. The van der Waals surface area contributed by atoms with Crippen molar-refractivity contribution in [3.8, 4) is 0 Å². The summed E-state index contributed by atoms with van der Waals surface area (Å²) in [6, 6.07) is 9.93. The van der Waals surface area contributed by atoms with Crippen LogP contribution >= 0.6 is 0 Å². The van der Waals surface area contributed by atoms with Gasteiger partial charge in [0.25, 0.3) is 0 Å². The van der Waals surface area contributed by atoms with Gasteiger partial charge in [-0.05, 0) is 32.5 Å². The van der Waals surface area contributed by atoms with Crippen LogP contribution in [0.5, 0.6) is 0 Å². The molecule has 0 bridgehead atoms. The van der Waals surface area contributed by atoms with Gasteiger partial charge in [-0.25, -0.2) is 0 Å². The van der Waals surface area contributed by atoms with E-state index in [1.54, 1.807) is 6.92 Å². The van der Waals surface area contributed by atoms with Crippen LogP contribution in [0.25, 0.3) is 0 Å². The van der Waals surface area contributed by atoms with Crippen molar-refractivity contribution in [2.24, 2.45) is 5.73 Å². The number of benzene rings is 1. The first-order valence-corrected chi connectivity index (χ1v) is 6.35. The van der Waals surface area contributed by atoms with E-state index in [9.17, 15) is 4.79 Å². The zero-order valence-electron chi connectivity index (χ0n) is 11.2. The lowest BCUT2D eigenvalue weighted by molar-refractivity contribution is -0.121. The molecule has 4 heteroatoms. The van der Waals surface area contributed by atoms with Gasteiger partial charge in [0.05, 0.1) is 6.04 Å². The number of hydrogen-bond donors (Lipinski definition) is 2. The molecule has 0 aromatic heterocycles. The van der Waals surface area contributed by atoms with Gasteiger partial charge in [-0.3, -0.25) is 4.79 Å². The second-order valence-corrected chi connectivity index (χ2v) is 4.66. The Morgan fingerprint density at radius 1 is 1.39 bits per heavy atom. The molecule has 0 heterocycles. The third-order valence-corrected chi connectivity index (χ3v) is 2.72. The van der Waals surface area contributed by atoms with Crippen LogP contribution in [0, 0.1) is 0 Å². The lowest BCUT2D eigenvalue weighted by Crippen LogP contribution is -2.39. The first-order chi connectivity index (χ1) is 8.59. The van der Waals surface area contributed by atoms with Crippen molar-refractivity contribution in [2.75, 3.05) is 20.1 Å². The summed E-state index contributed by atoms with van der Waals surface area (Å²) in [5.74, 6) is -0.0827. The van der Waals surface area contributed by atoms with Gasteiger partial charge in [0, 0.05) is 13.1 Å². The summed E-state index contributed by atoms with van der Waals surface area (Å²) in [5.41, 5.74) is 6.76. The van der Waals surface area contributed by atoms with Crippen molar-refractivity contribution in [1.82, 2.24) is 10.2 Å². The van der Waals surface area contributed by atoms with E-state index >= 15 is 0 Å². The van der Waals surface area contributed by atoms with E-state index in [1.807, 2.05) is 18.2 Å². The number of nitrogens with one attached hydrogen (secondary N) is 1. The maximum atomic E-state index is 11.2. The minimum atomic E-state index is -0.424. The number of nitrogens with two attached hydrogens (primary N) is 1. The highest BCUT2D eigenvalue weighted by molar-refractivity contribution is 5.80. The van der Waals surface area contributed by atoms with Gasteiger partial charge in [-0.1, -0.05) is 30.3 Å². The molecule has 0 saturated heterocycles. The molecule has 3 N–H and O–H groups in total. The van der Waals surface area contributed by atoms with Crippen LogP contribution in [0.4, 0.5) is 0 Å². The summed E-state index contributed by atoms with van der Waals surface area (Å²) in [5, 5.41) is 2.81. The average molecular weight is 249 g/mol. The Labute approximate surface area is 109 Å². The van der Waals surface area contributed by atoms with E-state index in [2.05, 4.69) is 29.4 Å². The number of rotatable bonds is 7. The average Bonchev–Trinajstić information content (AvgIpc) is 2.35. The van der Waals surface area contributed by atoms with Gasteiger partial charge in [0.1, 0.15) is 0 Å². The Morgan fingerprint density at radius 2 is 2.06 bits per heavy atom. The van der Waals surface area contributed by atoms with E-state index in [0.29, 0.717) is 6.54 Å². The Bertz CT molecular complexity index is 351. The molecule has 0 spiro atoms. The third kappa shape index (κ3) is 5.80. The van der Waals surface area contributed by atoms with Gasteiger partial charge in [0.2, 0.25) is 5.91 Å². The summed E-state index contributed by atoms with van der Waals surface area (Å²) in [4.78, 5) is 13.5. The van der Waals surface area contributed by atoms with Crippen LogP contribution in [0.2, 0.25) is 0 Å². The highest BCUT2D eigenvalue weighted by Crippen LogP contribution is 2.02. The molecule has 1 amide bonds. The molecule has 1 aromatic carbocycles. The van der Waals surface area contributed by atoms with Crippen molar-refractivity contribution in [2.45, 2.75) is 25.9 Å². The quantitative estimate of drug-likeness (QED) is 0.708. The molecule has 4 nitrogen and oxygen atoms in total. The van der Waals surface area contributed by atoms with Crippen molar-refractivity contribution in [3.05, 3.63) is 35.9 Å². The number of carbonyl (C=O) groups excluding carboxylic acids is 1. The smallest absolute Gasteiger partial charge is 0.236 e. The third-order valence-electron chi connectivity index (χ3n) is 2.72. The highest BCUT2D eigenvalue weighted by atomic mass is 16.2. The number of hydrogen-bond acceptors (Lipinski definition) is 3. The minimum Gasteiger partial charge on any atom is -0.355 e. The molecule has 1 rings (SSSR count). The molecule has 0 fully saturated rings. The highest BCUT2D eigenvalue weighted by Gasteiger charge is 2.05. The van der Waals surface area contributed by atoms with Gasteiger partial charge < -0.3 is 16.0 Å². The fraction of sp³-hybridized carbons (Fsp3) is 0.500. The lowest BCUT2D eigenvalue weighted by Gasteiger charge is -2.17. The van der Waals surface area contributed by atoms with Crippen molar-refractivity contribution in [3.63, 3.8) is 0 Å². The standard InChI is InChI=1S/C14H23N3O/c1-12(15)14(18)16-9-6-10-17(2)11-13-7-4-3-5-8-13/h3-5,7-8,12H,6,9-11,15H2,1-2H3,(H,16,18)/t12-/m0/s1. The van der Waals surface area contributed by atoms with E-state index < -0.39 is 6.04 Å². The first-order valence-electron chi connectivity index (χ1n) is 6.35. The molecular weight excluding hydrogens is 226 g/mol. The summed E-state index contributed by atoms with van der Waals surface area (Å²) in [6.45, 7) is 4.26. The maximum Gasteiger partial charge on any atom is 0.236 e. The van der Waals surface area contributed by atoms with Crippen LogP contribution in [0.15, 0.2) is 30.3 Å². The number of nitrogens with zero attached hydrogens (tertiary/aromatic N) is 1. The van der Waals surface area contributed by atoms with Crippen molar-refractivity contribution in [1.29, 1.82) is 0 Å². The molecule has 1 atom stereocenters. The van der Waals surface area contributed by atoms with Crippen LogP contribution in [-0.2, 0) is 11.3 Å². The predicted octanol–water partition coefficient (Wildman–Crippen LogP) is 0.972. The Balaban J connectivity index is 2.14. The monoisotopic (exact) mass is 249 g/mol. The normalized spacial score (nSPS) is 12.4. The Morgan fingerprint density at radius 3 is 2.67 bits per heavy atom. The van der Waals surface area contributed by atoms with Crippen molar-refractivity contribution >= 4 is 5.91 Å². The molecule has 100 valence electrons. The summed E-state index contributed by atoms with van der Waals surface area (Å²) >= 11 is 0. The molecular formula is C14H23N3O. The lowest BCUT2D eigenvalue weighted by atomic mass is 10.2. The molecule has 0 radical (unpaired) electrons. The minimum absolute atomic E-state index is 0.0827. The van der Waals surface area contributed by atoms with E-state index in [-0.39, 0.29) is 5.91 Å². The molecule has 0 saturated carbocycles. The van der Waals surface area contributed by atoms with E-state index in [0.717, 1.165) is 19.5 Å². The topological polar surface area (TPSA) is 58.4 Å². The summed E-state index contributed by atoms with van der Waals surface area (Å²) in [7, 11) is 2.08. The zero-order chi connectivity index (χ0) is 13.4.